The molecular weight excluding hydrogens is 507 g/mol. The fourth-order valence-electron chi connectivity index (χ4n) is 4.17. The van der Waals surface area contributed by atoms with E-state index in [1.54, 1.807) is 25.3 Å². The van der Waals surface area contributed by atoms with Crippen LogP contribution in [0.25, 0.3) is 6.08 Å². The van der Waals surface area contributed by atoms with Gasteiger partial charge in [-0.2, -0.15) is 13.2 Å². The lowest BCUT2D eigenvalue weighted by Gasteiger charge is -2.34. The molecule has 1 aromatic rings. The van der Waals surface area contributed by atoms with Crippen LogP contribution in [0.2, 0.25) is 0 Å². The number of cyclic esters (lactones) is 1. The maximum atomic E-state index is 13.8. The number of rotatable bonds is 2. The van der Waals surface area contributed by atoms with Crippen molar-refractivity contribution in [3.8, 4) is 0 Å². The highest BCUT2D eigenvalue weighted by Gasteiger charge is 2.42. The van der Waals surface area contributed by atoms with E-state index in [-0.39, 0.29) is 6.42 Å². The summed E-state index contributed by atoms with van der Waals surface area (Å²) in [5, 5.41) is 24.0. The summed E-state index contributed by atoms with van der Waals surface area (Å²) in [5.74, 6) is -2.85. The number of aryl methyl sites for hydroxylation is 1. The second-order valence-corrected chi connectivity index (χ2v) is 11.3. The van der Waals surface area contributed by atoms with Crippen LogP contribution in [0.5, 0.6) is 0 Å². The number of thiazole rings is 1. The number of ether oxygens (including phenoxy) is 1. The fraction of sp³-hybridized carbons (Fsp3) is 0.593. The van der Waals surface area contributed by atoms with Gasteiger partial charge < -0.3 is 14.9 Å². The molecule has 2 heterocycles. The molecule has 2 rings (SSSR count). The van der Waals surface area contributed by atoms with Crippen molar-refractivity contribution in [3.05, 3.63) is 45.5 Å². The number of allylic oxidation sites excluding steroid dienone is 2. The number of hydrogen-bond acceptors (Lipinski definition) is 7. The van der Waals surface area contributed by atoms with Gasteiger partial charge >= 0.3 is 12.1 Å². The van der Waals surface area contributed by atoms with E-state index in [1.807, 2.05) is 6.92 Å². The maximum Gasteiger partial charge on any atom is 0.412 e. The summed E-state index contributed by atoms with van der Waals surface area (Å²) in [6, 6.07) is 0. The molecular formula is C27H36F3NO5S. The summed E-state index contributed by atoms with van der Waals surface area (Å²) in [6.45, 7) is 9.55. The lowest BCUT2D eigenvalue weighted by atomic mass is 9.73. The molecule has 0 radical (unpaired) electrons. The highest BCUT2D eigenvalue weighted by atomic mass is 32.1. The number of alkyl halides is 3. The SMILES string of the molecule is C/C(=C/c1csc(C)n1)C1C/C=C(/C(F)(F)F)C/C=C/C(C)C(O)C(C)C(=O)C(C)(C)[C@@H](O)CC(=O)O1. The Hall–Kier alpha value is -2.30. The van der Waals surface area contributed by atoms with Crippen LogP contribution in [0.1, 0.15) is 64.6 Å². The van der Waals surface area contributed by atoms with E-state index in [0.29, 0.717) is 11.3 Å². The topological polar surface area (TPSA) is 96.7 Å². The Kier molecular flexibility index (Phi) is 10.4. The number of carbonyl (C=O) groups is 2. The smallest absolute Gasteiger partial charge is 0.412 e. The predicted octanol–water partition coefficient (Wildman–Crippen LogP) is 5.58. The van der Waals surface area contributed by atoms with Crippen molar-refractivity contribution < 1.29 is 37.7 Å². The lowest BCUT2D eigenvalue weighted by molar-refractivity contribution is -0.154. The molecule has 1 aliphatic heterocycles. The quantitative estimate of drug-likeness (QED) is 0.373. The molecule has 0 saturated heterocycles. The van der Waals surface area contributed by atoms with Crippen molar-refractivity contribution in [2.24, 2.45) is 17.3 Å². The number of aliphatic hydroxyl groups excluding tert-OH is 2. The summed E-state index contributed by atoms with van der Waals surface area (Å²) in [4.78, 5) is 30.2. The minimum absolute atomic E-state index is 0.243. The molecule has 6 nitrogen and oxygen atoms in total. The Bertz CT molecular complexity index is 1060. The van der Waals surface area contributed by atoms with Crippen molar-refractivity contribution in [1.29, 1.82) is 0 Å². The molecule has 1 aliphatic rings. The highest BCUT2D eigenvalue weighted by molar-refractivity contribution is 7.09. The molecule has 5 atom stereocenters. The van der Waals surface area contributed by atoms with E-state index in [9.17, 15) is 33.0 Å². The molecule has 0 aromatic carbocycles. The van der Waals surface area contributed by atoms with Crippen molar-refractivity contribution in [2.45, 2.75) is 85.3 Å². The average Bonchev–Trinajstić information content (AvgIpc) is 3.21. The van der Waals surface area contributed by atoms with Crippen molar-refractivity contribution >= 4 is 29.2 Å². The van der Waals surface area contributed by atoms with Crippen LogP contribution in [0.4, 0.5) is 13.2 Å². The number of hydrogen-bond donors (Lipinski definition) is 2. The molecule has 0 saturated carbocycles. The summed E-state index contributed by atoms with van der Waals surface area (Å²) in [7, 11) is 0. The zero-order valence-corrected chi connectivity index (χ0v) is 22.8. The zero-order valence-electron chi connectivity index (χ0n) is 22.0. The number of nitrogens with zero attached hydrogens (tertiary/aromatic N) is 1. The third-order valence-corrected chi connectivity index (χ3v) is 7.60. The Morgan fingerprint density at radius 1 is 1.24 bits per heavy atom. The molecule has 0 amide bonds. The largest absolute Gasteiger partial charge is 0.457 e. The summed E-state index contributed by atoms with van der Waals surface area (Å²) < 4.78 is 46.8. The highest BCUT2D eigenvalue weighted by Crippen LogP contribution is 2.33. The number of halogens is 3. The zero-order chi connectivity index (χ0) is 28.1. The number of carbonyl (C=O) groups excluding carboxylic acids is 2. The van der Waals surface area contributed by atoms with Gasteiger partial charge in [0.15, 0.2) is 0 Å². The molecule has 10 heteroatoms. The van der Waals surface area contributed by atoms with Crippen LogP contribution in [0, 0.1) is 24.2 Å². The summed E-state index contributed by atoms with van der Waals surface area (Å²) in [5.41, 5.74) is -1.11. The second kappa shape index (κ2) is 12.5. The van der Waals surface area contributed by atoms with Crippen LogP contribution < -0.4 is 0 Å². The first kappa shape index (κ1) is 30.9. The first-order valence-electron chi connectivity index (χ1n) is 12.2. The molecule has 2 N–H and O–H groups in total. The van der Waals surface area contributed by atoms with Gasteiger partial charge in [-0.15, -0.1) is 11.3 Å². The monoisotopic (exact) mass is 543 g/mol. The molecule has 37 heavy (non-hydrogen) atoms. The normalized spacial score (nSPS) is 31.4. The second-order valence-electron chi connectivity index (χ2n) is 10.2. The maximum absolute atomic E-state index is 13.8. The van der Waals surface area contributed by atoms with Gasteiger partial charge in [0.05, 0.1) is 34.7 Å². The van der Waals surface area contributed by atoms with Gasteiger partial charge in [-0.3, -0.25) is 9.59 Å². The van der Waals surface area contributed by atoms with Gasteiger partial charge in [0.25, 0.3) is 0 Å². The molecule has 0 bridgehead atoms. The predicted molar refractivity (Wildman–Crippen MR) is 137 cm³/mol. The molecule has 1 aromatic heterocycles. The first-order valence-corrected chi connectivity index (χ1v) is 13.0. The van der Waals surface area contributed by atoms with E-state index in [4.69, 9.17) is 4.74 Å². The summed E-state index contributed by atoms with van der Waals surface area (Å²) >= 11 is 1.41. The number of aliphatic hydroxyl groups is 2. The average molecular weight is 544 g/mol. The Labute approximate surface area is 219 Å². The van der Waals surface area contributed by atoms with Crippen molar-refractivity contribution in [1.82, 2.24) is 4.98 Å². The molecule has 0 aliphatic carbocycles. The van der Waals surface area contributed by atoms with Crippen LogP contribution in [-0.2, 0) is 14.3 Å². The molecule has 0 spiro atoms. The Morgan fingerprint density at radius 2 is 1.89 bits per heavy atom. The van der Waals surface area contributed by atoms with E-state index in [1.165, 1.54) is 44.3 Å². The van der Waals surface area contributed by atoms with Gasteiger partial charge in [0, 0.05) is 29.2 Å². The van der Waals surface area contributed by atoms with Gasteiger partial charge in [-0.1, -0.05) is 45.9 Å². The van der Waals surface area contributed by atoms with E-state index in [0.717, 1.165) is 11.1 Å². The van der Waals surface area contributed by atoms with E-state index in [2.05, 4.69) is 4.98 Å². The number of Topliss-reactive ketones (excluding diaryl/α,β-unsaturated/α-hetero) is 1. The number of ketones is 1. The van der Waals surface area contributed by atoms with Crippen LogP contribution >= 0.6 is 11.3 Å². The van der Waals surface area contributed by atoms with Gasteiger partial charge in [-0.25, -0.2) is 4.98 Å². The van der Waals surface area contributed by atoms with Gasteiger partial charge in [0.1, 0.15) is 11.9 Å². The summed E-state index contributed by atoms with van der Waals surface area (Å²) in [6.07, 6.45) is -4.04. The van der Waals surface area contributed by atoms with Gasteiger partial charge in [-0.05, 0) is 31.9 Å². The number of esters is 1. The van der Waals surface area contributed by atoms with Gasteiger partial charge in [0.2, 0.25) is 0 Å². The van der Waals surface area contributed by atoms with Crippen LogP contribution in [0.15, 0.2) is 34.8 Å². The minimum Gasteiger partial charge on any atom is -0.457 e. The first-order chi connectivity index (χ1) is 17.0. The number of aromatic nitrogens is 1. The lowest BCUT2D eigenvalue weighted by Crippen LogP contribution is -2.45. The Balaban J connectivity index is 2.50. The third kappa shape index (κ3) is 8.35. The fourth-order valence-corrected chi connectivity index (χ4v) is 4.74. The standard InChI is InChI=1S/C27H36F3NO5S/c1-15-8-7-9-19(27(28,29)30)10-11-21(16(2)12-20-14-37-18(4)31-20)36-23(33)13-22(32)26(5,6)25(35)17(3)24(15)34/h7-8,10,12,14-15,17,21-22,24,32,34H,9,11,13H2,1-6H3/b8-7+,16-12-,19-10+/t15?,17?,21?,22-,24?/m0/s1. The third-order valence-electron chi connectivity index (χ3n) is 6.81. The Morgan fingerprint density at radius 3 is 2.46 bits per heavy atom. The van der Waals surface area contributed by atoms with Crippen molar-refractivity contribution in [2.75, 3.05) is 0 Å². The van der Waals surface area contributed by atoms with Crippen LogP contribution in [-0.4, -0.2) is 51.4 Å². The molecule has 4 unspecified atom stereocenters. The van der Waals surface area contributed by atoms with Crippen LogP contribution in [0.3, 0.4) is 0 Å². The molecule has 0 fully saturated rings. The van der Waals surface area contributed by atoms with E-state index >= 15 is 0 Å². The van der Waals surface area contributed by atoms with E-state index < -0.39 is 71.9 Å². The molecule has 206 valence electrons. The van der Waals surface area contributed by atoms with Crippen molar-refractivity contribution in [3.63, 3.8) is 0 Å². The minimum atomic E-state index is -4.61.